The molecule has 142 valence electrons. The van der Waals surface area contributed by atoms with Gasteiger partial charge in [0.15, 0.2) is 0 Å². The van der Waals surface area contributed by atoms with E-state index in [0.29, 0.717) is 6.54 Å². The number of nitrogens with zero attached hydrogens (tertiary/aromatic N) is 2. The molecule has 4 aromatic rings. The molecular weight excluding hydrogens is 370 g/mol. The summed E-state index contributed by atoms with van der Waals surface area (Å²) in [6.45, 7) is 2.60. The number of aromatic nitrogens is 2. The standard InChI is InChI=1S/C22H21N3O2S/c1-14-24-21(23-12-15-4-8-17(26-2)9-5-15)20-19(13-28-22(20)25-14)16-6-10-18(27-3)11-7-16/h4-11,13H,12H2,1-3H3,(H,23,24,25). The van der Waals surface area contributed by atoms with E-state index >= 15 is 0 Å². The van der Waals surface area contributed by atoms with Gasteiger partial charge in [0.25, 0.3) is 0 Å². The van der Waals surface area contributed by atoms with Crippen molar-refractivity contribution in [2.45, 2.75) is 13.5 Å². The van der Waals surface area contributed by atoms with Gasteiger partial charge in [0.05, 0.1) is 19.6 Å². The predicted octanol–water partition coefficient (Wildman–Crippen LogP) is 5.30. The fourth-order valence-electron chi connectivity index (χ4n) is 3.09. The van der Waals surface area contributed by atoms with Gasteiger partial charge in [-0.05, 0) is 42.3 Å². The molecule has 0 aliphatic heterocycles. The minimum absolute atomic E-state index is 0.674. The van der Waals surface area contributed by atoms with Crippen molar-refractivity contribution >= 4 is 27.4 Å². The van der Waals surface area contributed by atoms with Crippen molar-refractivity contribution in [1.29, 1.82) is 0 Å². The van der Waals surface area contributed by atoms with E-state index in [9.17, 15) is 0 Å². The highest BCUT2D eigenvalue weighted by Gasteiger charge is 2.14. The Bertz CT molecular complexity index is 1090. The van der Waals surface area contributed by atoms with E-state index in [1.165, 1.54) is 0 Å². The van der Waals surface area contributed by atoms with Crippen LogP contribution in [-0.4, -0.2) is 24.2 Å². The van der Waals surface area contributed by atoms with Gasteiger partial charge in [0.2, 0.25) is 0 Å². The van der Waals surface area contributed by atoms with E-state index in [1.54, 1.807) is 25.6 Å². The third kappa shape index (κ3) is 3.64. The lowest BCUT2D eigenvalue weighted by Gasteiger charge is -2.10. The lowest BCUT2D eigenvalue weighted by Crippen LogP contribution is -2.04. The van der Waals surface area contributed by atoms with Crippen LogP contribution in [-0.2, 0) is 6.54 Å². The number of anilines is 1. The number of thiophene rings is 1. The lowest BCUT2D eigenvalue weighted by molar-refractivity contribution is 0.414. The molecule has 1 N–H and O–H groups in total. The average Bonchev–Trinajstić information content (AvgIpc) is 3.16. The molecule has 2 heterocycles. The zero-order valence-electron chi connectivity index (χ0n) is 16.0. The number of nitrogens with one attached hydrogen (secondary N) is 1. The van der Waals surface area contributed by atoms with Crippen molar-refractivity contribution in [2.24, 2.45) is 0 Å². The first-order chi connectivity index (χ1) is 13.7. The van der Waals surface area contributed by atoms with Crippen molar-refractivity contribution in [2.75, 3.05) is 19.5 Å². The molecule has 0 aliphatic carbocycles. The summed E-state index contributed by atoms with van der Waals surface area (Å²) in [5, 5.41) is 6.68. The molecule has 2 aromatic carbocycles. The summed E-state index contributed by atoms with van der Waals surface area (Å²) in [6, 6.07) is 16.1. The van der Waals surface area contributed by atoms with Crippen molar-refractivity contribution in [3.8, 4) is 22.6 Å². The van der Waals surface area contributed by atoms with Crippen LogP contribution in [0.3, 0.4) is 0 Å². The average molecular weight is 391 g/mol. The molecule has 0 saturated carbocycles. The van der Waals surface area contributed by atoms with Gasteiger partial charge in [-0.2, -0.15) is 0 Å². The number of fused-ring (bicyclic) bond motifs is 1. The molecule has 0 bridgehead atoms. The van der Waals surface area contributed by atoms with Crippen LogP contribution in [0.5, 0.6) is 11.5 Å². The Labute approximate surface area is 168 Å². The summed E-state index contributed by atoms with van der Waals surface area (Å²) in [5.41, 5.74) is 3.40. The quantitative estimate of drug-likeness (QED) is 0.484. The van der Waals surface area contributed by atoms with Crippen molar-refractivity contribution in [1.82, 2.24) is 9.97 Å². The van der Waals surface area contributed by atoms with Crippen LogP contribution in [0, 0.1) is 6.92 Å². The Morgan fingerprint density at radius 2 is 1.54 bits per heavy atom. The third-order valence-corrected chi connectivity index (χ3v) is 5.44. The Hall–Kier alpha value is -3.12. The highest BCUT2D eigenvalue weighted by Crippen LogP contribution is 2.37. The monoisotopic (exact) mass is 391 g/mol. The number of rotatable bonds is 6. The van der Waals surface area contributed by atoms with Crippen molar-refractivity contribution in [3.63, 3.8) is 0 Å². The summed E-state index contributed by atoms with van der Waals surface area (Å²) >= 11 is 1.63. The minimum atomic E-state index is 0.674. The largest absolute Gasteiger partial charge is 0.497 e. The molecular formula is C22H21N3O2S. The molecule has 0 spiro atoms. The van der Waals surface area contributed by atoms with E-state index in [0.717, 1.165) is 50.0 Å². The van der Waals surface area contributed by atoms with Crippen LogP contribution in [0.25, 0.3) is 21.3 Å². The predicted molar refractivity (Wildman–Crippen MR) is 114 cm³/mol. The maximum atomic E-state index is 5.27. The van der Waals surface area contributed by atoms with Gasteiger partial charge in [-0.1, -0.05) is 24.3 Å². The molecule has 0 fully saturated rings. The van der Waals surface area contributed by atoms with Crippen LogP contribution in [0.4, 0.5) is 5.82 Å². The zero-order chi connectivity index (χ0) is 19.5. The molecule has 28 heavy (non-hydrogen) atoms. The normalized spacial score (nSPS) is 10.8. The van der Waals surface area contributed by atoms with Gasteiger partial charge in [-0.25, -0.2) is 9.97 Å². The molecule has 4 rings (SSSR count). The molecule has 0 aliphatic rings. The van der Waals surface area contributed by atoms with Gasteiger partial charge >= 0.3 is 0 Å². The van der Waals surface area contributed by atoms with E-state index in [-0.39, 0.29) is 0 Å². The first-order valence-corrected chi connectivity index (χ1v) is 9.83. The Morgan fingerprint density at radius 1 is 0.893 bits per heavy atom. The summed E-state index contributed by atoms with van der Waals surface area (Å²) in [4.78, 5) is 10.3. The number of ether oxygens (including phenoxy) is 2. The van der Waals surface area contributed by atoms with Gasteiger partial charge in [0, 0.05) is 17.5 Å². The van der Waals surface area contributed by atoms with E-state index in [4.69, 9.17) is 9.47 Å². The van der Waals surface area contributed by atoms with E-state index < -0.39 is 0 Å². The maximum Gasteiger partial charge on any atom is 0.139 e. The second kappa shape index (κ2) is 7.86. The SMILES string of the molecule is COc1ccc(CNc2nc(C)nc3scc(-c4ccc(OC)cc4)c23)cc1. The van der Waals surface area contributed by atoms with E-state index in [1.807, 2.05) is 31.2 Å². The minimum Gasteiger partial charge on any atom is -0.497 e. The number of hydrogen-bond donors (Lipinski definition) is 1. The molecule has 0 unspecified atom stereocenters. The van der Waals surface area contributed by atoms with Crippen LogP contribution < -0.4 is 14.8 Å². The number of aryl methyl sites for hydroxylation is 1. The third-order valence-electron chi connectivity index (χ3n) is 4.57. The smallest absolute Gasteiger partial charge is 0.139 e. The first kappa shape index (κ1) is 18.3. The van der Waals surface area contributed by atoms with Gasteiger partial charge in [0.1, 0.15) is 28.0 Å². The van der Waals surface area contributed by atoms with Crippen LogP contribution in [0.2, 0.25) is 0 Å². The Kier molecular flexibility index (Phi) is 5.12. The second-order valence-corrected chi connectivity index (χ2v) is 7.24. The molecule has 5 nitrogen and oxygen atoms in total. The van der Waals surface area contributed by atoms with Crippen LogP contribution in [0.1, 0.15) is 11.4 Å². The molecule has 6 heteroatoms. The number of hydrogen-bond acceptors (Lipinski definition) is 6. The summed E-state index contributed by atoms with van der Waals surface area (Å²) in [5.74, 6) is 3.30. The molecule has 0 radical (unpaired) electrons. The van der Waals surface area contributed by atoms with E-state index in [2.05, 4.69) is 44.9 Å². The lowest BCUT2D eigenvalue weighted by atomic mass is 10.1. The first-order valence-electron chi connectivity index (χ1n) is 8.95. The second-order valence-electron chi connectivity index (χ2n) is 6.38. The van der Waals surface area contributed by atoms with Crippen molar-refractivity contribution in [3.05, 3.63) is 65.3 Å². The maximum absolute atomic E-state index is 5.27. The summed E-state index contributed by atoms with van der Waals surface area (Å²) < 4.78 is 10.5. The Morgan fingerprint density at radius 3 is 2.18 bits per heavy atom. The topological polar surface area (TPSA) is 56.3 Å². The number of benzene rings is 2. The summed E-state index contributed by atoms with van der Waals surface area (Å²) in [7, 11) is 3.34. The molecule has 2 aromatic heterocycles. The highest BCUT2D eigenvalue weighted by atomic mass is 32.1. The zero-order valence-corrected chi connectivity index (χ0v) is 16.8. The molecule has 0 amide bonds. The molecule has 0 saturated heterocycles. The van der Waals surface area contributed by atoms with Crippen LogP contribution in [0.15, 0.2) is 53.9 Å². The fraction of sp³-hybridized carbons (Fsp3) is 0.182. The van der Waals surface area contributed by atoms with Crippen LogP contribution >= 0.6 is 11.3 Å². The fourth-order valence-corrected chi connectivity index (χ4v) is 4.08. The Balaban J connectivity index is 1.69. The van der Waals surface area contributed by atoms with Gasteiger partial charge in [-0.3, -0.25) is 0 Å². The summed E-state index contributed by atoms with van der Waals surface area (Å²) in [6.07, 6.45) is 0. The number of methoxy groups -OCH3 is 2. The highest BCUT2D eigenvalue weighted by molar-refractivity contribution is 7.17. The molecule has 0 atom stereocenters. The van der Waals surface area contributed by atoms with Gasteiger partial charge < -0.3 is 14.8 Å². The van der Waals surface area contributed by atoms with Gasteiger partial charge in [-0.15, -0.1) is 11.3 Å². The van der Waals surface area contributed by atoms with Crippen molar-refractivity contribution < 1.29 is 9.47 Å².